The van der Waals surface area contributed by atoms with Crippen molar-refractivity contribution in [2.24, 2.45) is 0 Å². The minimum atomic E-state index is -0.917. The standard InChI is InChI=1S/C9H15NO4S/c1-14-4-2-3-8(11)10-6-15-5-7(10)9(12)13/h7H,2-6H2,1H3,(H,12,13)/t7-/m0/s1. The number of hydrogen-bond donors (Lipinski definition) is 1. The highest BCUT2D eigenvalue weighted by atomic mass is 32.2. The normalized spacial score (nSPS) is 20.6. The molecule has 1 saturated heterocycles. The van der Waals surface area contributed by atoms with Crippen LogP contribution in [0.4, 0.5) is 0 Å². The number of hydrogen-bond acceptors (Lipinski definition) is 4. The molecular weight excluding hydrogens is 218 g/mol. The number of aliphatic carboxylic acids is 1. The second kappa shape index (κ2) is 5.97. The Labute approximate surface area is 92.8 Å². The third kappa shape index (κ3) is 3.39. The van der Waals surface area contributed by atoms with Crippen LogP contribution in [0.3, 0.4) is 0 Å². The van der Waals surface area contributed by atoms with Crippen molar-refractivity contribution in [3.8, 4) is 0 Å². The van der Waals surface area contributed by atoms with E-state index in [-0.39, 0.29) is 5.91 Å². The highest BCUT2D eigenvalue weighted by Crippen LogP contribution is 2.22. The molecule has 1 amide bonds. The maximum atomic E-state index is 11.6. The lowest BCUT2D eigenvalue weighted by Gasteiger charge is -2.20. The van der Waals surface area contributed by atoms with Crippen molar-refractivity contribution in [2.45, 2.75) is 18.9 Å². The van der Waals surface area contributed by atoms with Gasteiger partial charge >= 0.3 is 5.97 Å². The Morgan fingerprint density at radius 1 is 1.60 bits per heavy atom. The second-order valence-corrected chi connectivity index (χ2v) is 4.31. The first-order valence-corrected chi connectivity index (χ1v) is 5.91. The fraction of sp³-hybridized carbons (Fsp3) is 0.778. The van der Waals surface area contributed by atoms with Gasteiger partial charge in [-0.25, -0.2) is 4.79 Å². The van der Waals surface area contributed by atoms with E-state index < -0.39 is 12.0 Å². The zero-order valence-corrected chi connectivity index (χ0v) is 9.46. The molecule has 0 aliphatic carbocycles. The number of thioether (sulfide) groups is 1. The molecule has 0 spiro atoms. The van der Waals surface area contributed by atoms with E-state index in [1.54, 1.807) is 7.11 Å². The van der Waals surface area contributed by atoms with Gasteiger partial charge < -0.3 is 14.7 Å². The molecule has 0 radical (unpaired) electrons. The van der Waals surface area contributed by atoms with Gasteiger partial charge in [-0.1, -0.05) is 0 Å². The summed E-state index contributed by atoms with van der Waals surface area (Å²) in [7, 11) is 1.58. The Morgan fingerprint density at radius 2 is 2.33 bits per heavy atom. The molecule has 1 aliphatic rings. The van der Waals surface area contributed by atoms with Crippen LogP contribution in [0.2, 0.25) is 0 Å². The van der Waals surface area contributed by atoms with Crippen molar-refractivity contribution < 1.29 is 19.4 Å². The second-order valence-electron chi connectivity index (χ2n) is 3.31. The summed E-state index contributed by atoms with van der Waals surface area (Å²) < 4.78 is 4.84. The molecule has 0 saturated carbocycles. The van der Waals surface area contributed by atoms with E-state index in [1.807, 2.05) is 0 Å². The minimum absolute atomic E-state index is 0.0931. The molecule has 1 heterocycles. The average molecular weight is 233 g/mol. The topological polar surface area (TPSA) is 66.8 Å². The van der Waals surface area contributed by atoms with Crippen LogP contribution in [-0.2, 0) is 14.3 Å². The summed E-state index contributed by atoms with van der Waals surface area (Å²) in [5.74, 6) is -0.0294. The molecule has 1 N–H and O–H groups in total. The van der Waals surface area contributed by atoms with Crippen LogP contribution in [-0.4, -0.2) is 53.3 Å². The van der Waals surface area contributed by atoms with Crippen LogP contribution in [0.5, 0.6) is 0 Å². The van der Waals surface area contributed by atoms with Crippen LogP contribution in [0.1, 0.15) is 12.8 Å². The highest BCUT2D eigenvalue weighted by molar-refractivity contribution is 7.99. The first-order chi connectivity index (χ1) is 7.16. The molecule has 15 heavy (non-hydrogen) atoms. The van der Waals surface area contributed by atoms with Gasteiger partial charge in [0.2, 0.25) is 5.91 Å². The van der Waals surface area contributed by atoms with Crippen molar-refractivity contribution in [2.75, 3.05) is 25.3 Å². The van der Waals surface area contributed by atoms with Crippen LogP contribution in [0.15, 0.2) is 0 Å². The van der Waals surface area contributed by atoms with Gasteiger partial charge in [-0.2, -0.15) is 0 Å². The number of rotatable bonds is 5. The SMILES string of the molecule is COCCCC(=O)N1CSC[C@H]1C(=O)O. The van der Waals surface area contributed by atoms with Gasteiger partial charge in [0.1, 0.15) is 6.04 Å². The van der Waals surface area contributed by atoms with Crippen molar-refractivity contribution in [1.82, 2.24) is 4.90 Å². The lowest BCUT2D eigenvalue weighted by atomic mass is 10.2. The summed E-state index contributed by atoms with van der Waals surface area (Å²) >= 11 is 1.48. The third-order valence-electron chi connectivity index (χ3n) is 2.23. The smallest absolute Gasteiger partial charge is 0.327 e. The third-order valence-corrected chi connectivity index (χ3v) is 3.24. The first kappa shape index (κ1) is 12.3. The molecular formula is C9H15NO4S. The monoisotopic (exact) mass is 233 g/mol. The largest absolute Gasteiger partial charge is 0.480 e. The van der Waals surface area contributed by atoms with Gasteiger partial charge in [0.05, 0.1) is 5.88 Å². The molecule has 0 bridgehead atoms. The van der Waals surface area contributed by atoms with Gasteiger partial charge in [-0.05, 0) is 6.42 Å². The molecule has 0 aromatic rings. The van der Waals surface area contributed by atoms with E-state index in [1.165, 1.54) is 16.7 Å². The number of carbonyl (C=O) groups is 2. The molecule has 5 nitrogen and oxygen atoms in total. The lowest BCUT2D eigenvalue weighted by molar-refractivity contribution is -0.147. The van der Waals surface area contributed by atoms with Crippen LogP contribution in [0, 0.1) is 0 Å². The number of ether oxygens (including phenoxy) is 1. The number of carbonyl (C=O) groups excluding carboxylic acids is 1. The molecule has 6 heteroatoms. The molecule has 86 valence electrons. The molecule has 0 unspecified atom stereocenters. The maximum absolute atomic E-state index is 11.6. The van der Waals surface area contributed by atoms with Crippen molar-refractivity contribution in [1.29, 1.82) is 0 Å². The number of nitrogens with zero attached hydrogens (tertiary/aromatic N) is 1. The molecule has 0 aromatic heterocycles. The van der Waals surface area contributed by atoms with Crippen LogP contribution >= 0.6 is 11.8 Å². The molecule has 0 aromatic carbocycles. The van der Waals surface area contributed by atoms with Gasteiger partial charge in [0.25, 0.3) is 0 Å². The molecule has 1 atom stereocenters. The predicted molar refractivity (Wildman–Crippen MR) is 56.7 cm³/mol. The summed E-state index contributed by atoms with van der Waals surface area (Å²) in [5, 5.41) is 8.87. The van der Waals surface area contributed by atoms with Crippen molar-refractivity contribution >= 4 is 23.6 Å². The van der Waals surface area contributed by atoms with E-state index in [2.05, 4.69) is 0 Å². The van der Waals surface area contributed by atoms with Gasteiger partial charge in [0.15, 0.2) is 0 Å². The summed E-state index contributed by atoms with van der Waals surface area (Å²) in [5.41, 5.74) is 0. The Bertz CT molecular complexity index is 246. The van der Waals surface area contributed by atoms with Crippen molar-refractivity contribution in [3.05, 3.63) is 0 Å². The Kier molecular flexibility index (Phi) is 4.90. The molecule has 1 fully saturated rings. The molecule has 1 aliphatic heterocycles. The Balaban J connectivity index is 2.40. The highest BCUT2D eigenvalue weighted by Gasteiger charge is 2.33. The summed E-state index contributed by atoms with van der Waals surface area (Å²) in [4.78, 5) is 23.9. The average Bonchev–Trinajstić information content (AvgIpc) is 2.66. The zero-order valence-electron chi connectivity index (χ0n) is 8.64. The zero-order chi connectivity index (χ0) is 11.3. The fourth-order valence-electron chi connectivity index (χ4n) is 1.40. The van der Waals surface area contributed by atoms with Crippen LogP contribution < -0.4 is 0 Å². The van der Waals surface area contributed by atoms with E-state index in [9.17, 15) is 9.59 Å². The number of carboxylic acid groups (broad SMARTS) is 1. The number of methoxy groups -OCH3 is 1. The summed E-state index contributed by atoms with van der Waals surface area (Å²) in [6.45, 7) is 0.532. The van der Waals surface area contributed by atoms with Gasteiger partial charge in [-0.3, -0.25) is 4.79 Å². The van der Waals surface area contributed by atoms with E-state index >= 15 is 0 Å². The van der Waals surface area contributed by atoms with Gasteiger partial charge in [0, 0.05) is 25.9 Å². The summed E-state index contributed by atoms with van der Waals surface area (Å²) in [6.07, 6.45) is 1.00. The predicted octanol–water partition coefficient (Wildman–Crippen LogP) is 0.399. The van der Waals surface area contributed by atoms with Crippen LogP contribution in [0.25, 0.3) is 0 Å². The number of carboxylic acids is 1. The van der Waals surface area contributed by atoms with Crippen molar-refractivity contribution in [3.63, 3.8) is 0 Å². The first-order valence-electron chi connectivity index (χ1n) is 4.75. The Hall–Kier alpha value is -0.750. The van der Waals surface area contributed by atoms with Gasteiger partial charge in [-0.15, -0.1) is 11.8 Å². The quantitative estimate of drug-likeness (QED) is 0.696. The Morgan fingerprint density at radius 3 is 2.93 bits per heavy atom. The fourth-order valence-corrected chi connectivity index (χ4v) is 2.58. The maximum Gasteiger partial charge on any atom is 0.327 e. The molecule has 1 rings (SSSR count). The minimum Gasteiger partial charge on any atom is -0.480 e. The number of amides is 1. The summed E-state index contributed by atoms with van der Waals surface area (Å²) in [6, 6.07) is -0.648. The van der Waals surface area contributed by atoms with E-state index in [0.29, 0.717) is 31.1 Å². The van der Waals surface area contributed by atoms with E-state index in [4.69, 9.17) is 9.84 Å². The van der Waals surface area contributed by atoms with E-state index in [0.717, 1.165) is 0 Å². The lowest BCUT2D eigenvalue weighted by Crippen LogP contribution is -2.41.